The van der Waals surface area contributed by atoms with Crippen LogP contribution in [0.5, 0.6) is 0 Å². The second kappa shape index (κ2) is 5.80. The largest absolute Gasteiger partial charge is 0.396 e. The van der Waals surface area contributed by atoms with Gasteiger partial charge in [0.1, 0.15) is 5.82 Å². The van der Waals surface area contributed by atoms with Crippen LogP contribution in [-0.4, -0.2) is 29.7 Å². The third kappa shape index (κ3) is 3.41. The molecule has 0 saturated carbocycles. The first kappa shape index (κ1) is 12.8. The standard InChI is InChI=1S/C13H17ClFNO/c14-13-6-12(15)4-3-11(13)8-16-5-1-2-10(7-16)9-17/h3-4,6,10,17H,1-2,5,7-9H2/t10-/m1/s1. The van der Waals surface area contributed by atoms with Crippen molar-refractivity contribution < 1.29 is 9.50 Å². The minimum atomic E-state index is -0.300. The van der Waals surface area contributed by atoms with Crippen LogP contribution in [0.25, 0.3) is 0 Å². The Bertz CT molecular complexity index is 386. The van der Waals surface area contributed by atoms with Gasteiger partial charge in [-0.1, -0.05) is 17.7 Å². The molecule has 0 amide bonds. The molecule has 2 rings (SSSR count). The number of halogens is 2. The summed E-state index contributed by atoms with van der Waals surface area (Å²) in [6, 6.07) is 4.53. The fraction of sp³-hybridized carbons (Fsp3) is 0.538. The molecule has 2 nitrogen and oxygen atoms in total. The maximum atomic E-state index is 12.9. The van der Waals surface area contributed by atoms with Crippen molar-refractivity contribution in [3.8, 4) is 0 Å². The van der Waals surface area contributed by atoms with Gasteiger partial charge < -0.3 is 5.11 Å². The Morgan fingerprint density at radius 3 is 3.00 bits per heavy atom. The molecule has 0 aliphatic carbocycles. The highest BCUT2D eigenvalue weighted by molar-refractivity contribution is 6.31. The molecule has 1 aromatic rings. The van der Waals surface area contributed by atoms with Crippen molar-refractivity contribution in [3.63, 3.8) is 0 Å². The quantitative estimate of drug-likeness (QED) is 0.900. The predicted molar refractivity (Wildman–Crippen MR) is 66.5 cm³/mol. The van der Waals surface area contributed by atoms with Crippen molar-refractivity contribution in [2.75, 3.05) is 19.7 Å². The third-order valence-electron chi connectivity index (χ3n) is 3.27. The van der Waals surface area contributed by atoms with Crippen LogP contribution in [-0.2, 0) is 6.54 Å². The molecule has 0 radical (unpaired) electrons. The van der Waals surface area contributed by atoms with Crippen molar-refractivity contribution >= 4 is 11.6 Å². The van der Waals surface area contributed by atoms with Gasteiger partial charge >= 0.3 is 0 Å². The van der Waals surface area contributed by atoms with Gasteiger partial charge in [-0.2, -0.15) is 0 Å². The normalized spacial score (nSPS) is 21.7. The predicted octanol–water partition coefficient (Wildman–Crippen LogP) is 2.68. The summed E-state index contributed by atoms with van der Waals surface area (Å²) in [6.07, 6.45) is 2.19. The Hall–Kier alpha value is -0.640. The van der Waals surface area contributed by atoms with Gasteiger partial charge in [-0.15, -0.1) is 0 Å². The number of likely N-dealkylation sites (tertiary alicyclic amines) is 1. The van der Waals surface area contributed by atoms with Crippen molar-refractivity contribution in [1.82, 2.24) is 4.90 Å². The molecular weight excluding hydrogens is 241 g/mol. The number of aliphatic hydroxyl groups is 1. The van der Waals surface area contributed by atoms with Crippen LogP contribution >= 0.6 is 11.6 Å². The summed E-state index contributed by atoms with van der Waals surface area (Å²) in [6.45, 7) is 2.89. The lowest BCUT2D eigenvalue weighted by molar-refractivity contribution is 0.116. The minimum Gasteiger partial charge on any atom is -0.396 e. The molecule has 17 heavy (non-hydrogen) atoms. The number of benzene rings is 1. The van der Waals surface area contributed by atoms with Crippen LogP contribution in [0.3, 0.4) is 0 Å². The summed E-state index contributed by atoms with van der Waals surface area (Å²) in [5.74, 6) is 0.0635. The zero-order valence-electron chi connectivity index (χ0n) is 9.70. The van der Waals surface area contributed by atoms with Gasteiger partial charge in [0, 0.05) is 24.7 Å². The molecule has 94 valence electrons. The van der Waals surface area contributed by atoms with Crippen molar-refractivity contribution in [3.05, 3.63) is 34.6 Å². The number of hydrogen-bond donors (Lipinski definition) is 1. The van der Waals surface area contributed by atoms with Gasteiger partial charge in [0.05, 0.1) is 0 Å². The number of piperidine rings is 1. The Balaban J connectivity index is 2.00. The summed E-state index contributed by atoms with van der Waals surface area (Å²) in [5, 5.41) is 9.65. The molecule has 4 heteroatoms. The topological polar surface area (TPSA) is 23.5 Å². The van der Waals surface area contributed by atoms with E-state index in [0.717, 1.165) is 38.0 Å². The maximum absolute atomic E-state index is 12.9. The lowest BCUT2D eigenvalue weighted by Crippen LogP contribution is -2.36. The molecule has 1 aliphatic rings. The van der Waals surface area contributed by atoms with Crippen LogP contribution in [0.2, 0.25) is 5.02 Å². The first-order valence-electron chi connectivity index (χ1n) is 5.96. The van der Waals surface area contributed by atoms with Crippen molar-refractivity contribution in [2.24, 2.45) is 5.92 Å². The highest BCUT2D eigenvalue weighted by atomic mass is 35.5. The van der Waals surface area contributed by atoms with E-state index in [2.05, 4.69) is 4.90 Å². The molecular formula is C13H17ClFNO. The highest BCUT2D eigenvalue weighted by Crippen LogP contribution is 2.22. The SMILES string of the molecule is OC[C@@H]1CCCN(Cc2ccc(F)cc2Cl)C1. The Morgan fingerprint density at radius 2 is 2.29 bits per heavy atom. The lowest BCUT2D eigenvalue weighted by atomic mass is 9.98. The zero-order chi connectivity index (χ0) is 12.3. The summed E-state index contributed by atoms with van der Waals surface area (Å²) >= 11 is 6.00. The highest BCUT2D eigenvalue weighted by Gasteiger charge is 2.19. The fourth-order valence-corrected chi connectivity index (χ4v) is 2.56. The Labute approximate surface area is 106 Å². The van der Waals surface area contributed by atoms with E-state index in [1.807, 2.05) is 0 Å². The summed E-state index contributed by atoms with van der Waals surface area (Å²) in [4.78, 5) is 2.27. The molecule has 1 fully saturated rings. The van der Waals surface area contributed by atoms with Crippen LogP contribution in [0.1, 0.15) is 18.4 Å². The van der Waals surface area contributed by atoms with Gasteiger partial charge in [-0.25, -0.2) is 4.39 Å². The Morgan fingerprint density at radius 1 is 1.47 bits per heavy atom. The molecule has 0 bridgehead atoms. The fourth-order valence-electron chi connectivity index (χ4n) is 2.33. The first-order valence-corrected chi connectivity index (χ1v) is 6.34. The molecule has 1 atom stereocenters. The average Bonchev–Trinajstić information content (AvgIpc) is 2.33. The first-order chi connectivity index (χ1) is 8.19. The van der Waals surface area contributed by atoms with Crippen LogP contribution in [0.15, 0.2) is 18.2 Å². The summed E-state index contributed by atoms with van der Waals surface area (Å²) in [7, 11) is 0. The zero-order valence-corrected chi connectivity index (χ0v) is 10.5. The van der Waals surface area contributed by atoms with Gasteiger partial charge in [-0.3, -0.25) is 4.90 Å². The molecule has 1 saturated heterocycles. The van der Waals surface area contributed by atoms with E-state index in [9.17, 15) is 4.39 Å². The summed E-state index contributed by atoms with van der Waals surface area (Å²) < 4.78 is 12.9. The van der Waals surface area contributed by atoms with E-state index in [-0.39, 0.29) is 12.4 Å². The maximum Gasteiger partial charge on any atom is 0.124 e. The van der Waals surface area contributed by atoms with Crippen molar-refractivity contribution in [1.29, 1.82) is 0 Å². The minimum absolute atomic E-state index is 0.244. The average molecular weight is 258 g/mol. The van der Waals surface area contributed by atoms with E-state index in [1.54, 1.807) is 6.07 Å². The van der Waals surface area contributed by atoms with Gasteiger partial charge in [0.15, 0.2) is 0 Å². The van der Waals surface area contributed by atoms with Gasteiger partial charge in [0.25, 0.3) is 0 Å². The number of hydrogen-bond acceptors (Lipinski definition) is 2. The molecule has 0 aromatic heterocycles. The summed E-state index contributed by atoms with van der Waals surface area (Å²) in [5.41, 5.74) is 0.951. The molecule has 0 unspecified atom stereocenters. The number of aliphatic hydroxyl groups excluding tert-OH is 1. The van der Waals surface area contributed by atoms with Crippen LogP contribution in [0, 0.1) is 11.7 Å². The molecule has 1 aliphatic heterocycles. The van der Waals surface area contributed by atoms with E-state index in [4.69, 9.17) is 16.7 Å². The monoisotopic (exact) mass is 257 g/mol. The van der Waals surface area contributed by atoms with Crippen LogP contribution in [0.4, 0.5) is 4.39 Å². The smallest absolute Gasteiger partial charge is 0.124 e. The number of nitrogens with zero attached hydrogens (tertiary/aromatic N) is 1. The van der Waals surface area contributed by atoms with Gasteiger partial charge in [-0.05, 0) is 43.0 Å². The Kier molecular flexibility index (Phi) is 4.37. The van der Waals surface area contributed by atoms with E-state index in [0.29, 0.717) is 10.9 Å². The van der Waals surface area contributed by atoms with Crippen LogP contribution < -0.4 is 0 Å². The van der Waals surface area contributed by atoms with E-state index in [1.165, 1.54) is 12.1 Å². The molecule has 1 aromatic carbocycles. The second-order valence-corrected chi connectivity index (χ2v) is 5.07. The second-order valence-electron chi connectivity index (χ2n) is 4.66. The third-order valence-corrected chi connectivity index (χ3v) is 3.62. The molecule has 1 N–H and O–H groups in total. The van der Waals surface area contributed by atoms with Crippen molar-refractivity contribution in [2.45, 2.75) is 19.4 Å². The molecule has 1 heterocycles. The van der Waals surface area contributed by atoms with Gasteiger partial charge in [0.2, 0.25) is 0 Å². The number of rotatable bonds is 3. The van der Waals surface area contributed by atoms with E-state index < -0.39 is 0 Å². The van der Waals surface area contributed by atoms with E-state index >= 15 is 0 Å². The lowest BCUT2D eigenvalue weighted by Gasteiger charge is -2.31. The molecule has 0 spiro atoms.